The Morgan fingerprint density at radius 2 is 1.79 bits per heavy atom. The van der Waals surface area contributed by atoms with Crippen LogP contribution >= 0.6 is 0 Å². The maximum absolute atomic E-state index is 12.9. The van der Waals surface area contributed by atoms with Gasteiger partial charge in [-0.1, -0.05) is 6.07 Å². The molecule has 0 atom stereocenters. The molecule has 2 amide bonds. The van der Waals surface area contributed by atoms with Gasteiger partial charge in [-0.15, -0.1) is 10.2 Å². The van der Waals surface area contributed by atoms with Crippen LogP contribution in [0.1, 0.15) is 65.1 Å². The van der Waals surface area contributed by atoms with Crippen molar-refractivity contribution in [2.45, 2.75) is 76.4 Å². The fourth-order valence-corrected chi connectivity index (χ4v) is 5.17. The number of nitrogens with zero attached hydrogens (tertiary/aromatic N) is 4. The summed E-state index contributed by atoms with van der Waals surface area (Å²) in [5, 5.41) is 15.6. The molecule has 2 aromatic heterocycles. The average molecular weight is 385 g/mol. The summed E-state index contributed by atoms with van der Waals surface area (Å²) in [6.07, 6.45) is 5.76. The summed E-state index contributed by atoms with van der Waals surface area (Å²) in [5.74, 6) is 1.36. The molecule has 0 radical (unpaired) electrons. The number of nitrogens with one attached hydrogen (secondary N) is 2. The fraction of sp³-hybridized carbons (Fsp3) is 0.667. The Hall–Kier alpha value is -2.15. The number of pyridine rings is 1. The van der Waals surface area contributed by atoms with Gasteiger partial charge in [0.1, 0.15) is 5.82 Å². The number of amides is 2. The Kier molecular flexibility index (Phi) is 4.81. The van der Waals surface area contributed by atoms with Crippen LogP contribution in [0.15, 0.2) is 24.4 Å². The Balaban J connectivity index is 1.35. The standard InChI is InChI=1S/C21H32N6O/c1-20(2)13-16(14-21(3,4)25-20)22-19(28)26-11-8-15(9-12-26)18-24-23-17-7-5-6-10-27(17)18/h5-7,10,15-16,25H,8-9,11-14H2,1-4H3,(H,22,28). The van der Waals surface area contributed by atoms with E-state index in [1.165, 1.54) is 0 Å². The Morgan fingerprint density at radius 3 is 2.46 bits per heavy atom. The molecule has 4 rings (SSSR count). The van der Waals surface area contributed by atoms with Gasteiger partial charge in [0.05, 0.1) is 0 Å². The summed E-state index contributed by atoms with van der Waals surface area (Å²) in [7, 11) is 0. The van der Waals surface area contributed by atoms with Crippen molar-refractivity contribution in [3.05, 3.63) is 30.2 Å². The molecule has 0 aliphatic carbocycles. The molecule has 0 saturated carbocycles. The van der Waals surface area contributed by atoms with Gasteiger partial charge in [0, 0.05) is 42.3 Å². The lowest BCUT2D eigenvalue weighted by Gasteiger charge is -2.47. The number of likely N-dealkylation sites (tertiary alicyclic amines) is 1. The van der Waals surface area contributed by atoms with E-state index in [-0.39, 0.29) is 23.2 Å². The van der Waals surface area contributed by atoms with E-state index in [1.807, 2.05) is 29.3 Å². The SMILES string of the molecule is CC1(C)CC(NC(=O)N2CCC(c3nnc4ccccn34)CC2)CC(C)(C)N1. The monoisotopic (exact) mass is 384 g/mol. The van der Waals surface area contributed by atoms with Crippen LogP contribution in [0.4, 0.5) is 4.79 Å². The number of piperidine rings is 2. The third-order valence-corrected chi connectivity index (χ3v) is 6.01. The zero-order valence-corrected chi connectivity index (χ0v) is 17.4. The van der Waals surface area contributed by atoms with Crippen molar-refractivity contribution < 1.29 is 4.79 Å². The van der Waals surface area contributed by atoms with Crippen molar-refractivity contribution in [2.24, 2.45) is 0 Å². The van der Waals surface area contributed by atoms with Crippen molar-refractivity contribution in [1.29, 1.82) is 0 Å². The van der Waals surface area contributed by atoms with Crippen LogP contribution in [0.2, 0.25) is 0 Å². The van der Waals surface area contributed by atoms with Crippen LogP contribution in [0.25, 0.3) is 5.65 Å². The first kappa shape index (κ1) is 19.2. The van der Waals surface area contributed by atoms with E-state index < -0.39 is 0 Å². The second kappa shape index (κ2) is 7.03. The molecule has 152 valence electrons. The highest BCUT2D eigenvalue weighted by atomic mass is 16.2. The molecule has 7 nitrogen and oxygen atoms in total. The topological polar surface area (TPSA) is 74.6 Å². The second-order valence-corrected chi connectivity index (χ2v) is 9.70. The van der Waals surface area contributed by atoms with Crippen LogP contribution in [-0.4, -0.2) is 55.7 Å². The highest BCUT2D eigenvalue weighted by Crippen LogP contribution is 2.30. The van der Waals surface area contributed by atoms with E-state index in [0.717, 1.165) is 50.2 Å². The molecule has 0 unspecified atom stereocenters. The number of carbonyl (C=O) groups is 1. The summed E-state index contributed by atoms with van der Waals surface area (Å²) in [6.45, 7) is 10.4. The van der Waals surface area contributed by atoms with Gasteiger partial charge >= 0.3 is 6.03 Å². The predicted octanol–water partition coefficient (Wildman–Crippen LogP) is 2.93. The van der Waals surface area contributed by atoms with Crippen LogP contribution in [0.5, 0.6) is 0 Å². The molecule has 2 aromatic rings. The first-order valence-corrected chi connectivity index (χ1v) is 10.4. The largest absolute Gasteiger partial charge is 0.335 e. The average Bonchev–Trinajstić information content (AvgIpc) is 3.03. The number of fused-ring (bicyclic) bond motifs is 1. The Morgan fingerprint density at radius 1 is 1.11 bits per heavy atom. The molecule has 2 saturated heterocycles. The van der Waals surface area contributed by atoms with Crippen molar-refractivity contribution in [3.63, 3.8) is 0 Å². The molecular formula is C21H32N6O. The van der Waals surface area contributed by atoms with E-state index >= 15 is 0 Å². The number of hydrogen-bond donors (Lipinski definition) is 2. The molecule has 0 spiro atoms. The van der Waals surface area contributed by atoms with Crippen LogP contribution in [0, 0.1) is 0 Å². The maximum Gasteiger partial charge on any atom is 0.317 e. The zero-order chi connectivity index (χ0) is 19.9. The Labute approximate surface area is 166 Å². The lowest BCUT2D eigenvalue weighted by Crippen LogP contribution is -2.63. The third kappa shape index (κ3) is 3.99. The number of carbonyl (C=O) groups excluding carboxylic acids is 1. The highest BCUT2D eigenvalue weighted by Gasteiger charge is 2.39. The van der Waals surface area contributed by atoms with Gasteiger partial charge in [-0.05, 0) is 65.5 Å². The zero-order valence-electron chi connectivity index (χ0n) is 17.4. The molecular weight excluding hydrogens is 352 g/mol. The lowest BCUT2D eigenvalue weighted by molar-refractivity contribution is 0.134. The molecule has 7 heteroatoms. The molecule has 2 fully saturated rings. The van der Waals surface area contributed by atoms with Gasteiger partial charge in [-0.3, -0.25) is 4.40 Å². The molecule has 2 N–H and O–H groups in total. The number of hydrogen-bond acceptors (Lipinski definition) is 4. The van der Waals surface area contributed by atoms with Gasteiger partial charge < -0.3 is 15.5 Å². The van der Waals surface area contributed by atoms with Gasteiger partial charge in [-0.2, -0.15) is 0 Å². The van der Waals surface area contributed by atoms with Crippen molar-refractivity contribution in [2.75, 3.05) is 13.1 Å². The first-order valence-electron chi connectivity index (χ1n) is 10.4. The van der Waals surface area contributed by atoms with Gasteiger partial charge in [0.25, 0.3) is 0 Å². The molecule has 2 aliphatic rings. The minimum atomic E-state index is 0.0292. The van der Waals surface area contributed by atoms with Crippen molar-refractivity contribution in [3.8, 4) is 0 Å². The fourth-order valence-electron chi connectivity index (χ4n) is 5.17. The molecule has 4 heterocycles. The lowest BCUT2D eigenvalue weighted by atomic mass is 9.79. The number of rotatable bonds is 2. The van der Waals surface area contributed by atoms with Crippen LogP contribution in [0.3, 0.4) is 0 Å². The Bertz CT molecular complexity index is 833. The summed E-state index contributed by atoms with van der Waals surface area (Å²) in [6, 6.07) is 6.23. The normalized spacial score (nSPS) is 23.1. The van der Waals surface area contributed by atoms with Crippen molar-refractivity contribution in [1.82, 2.24) is 30.1 Å². The van der Waals surface area contributed by atoms with E-state index in [2.05, 4.69) is 52.9 Å². The smallest absolute Gasteiger partial charge is 0.317 e. The van der Waals surface area contributed by atoms with Gasteiger partial charge in [0.2, 0.25) is 0 Å². The number of urea groups is 1. The summed E-state index contributed by atoms with van der Waals surface area (Å²) >= 11 is 0. The minimum Gasteiger partial charge on any atom is -0.335 e. The summed E-state index contributed by atoms with van der Waals surface area (Å²) in [5.41, 5.74) is 0.942. The molecule has 2 aliphatic heterocycles. The minimum absolute atomic E-state index is 0.0292. The van der Waals surface area contributed by atoms with E-state index in [4.69, 9.17) is 0 Å². The second-order valence-electron chi connectivity index (χ2n) is 9.70. The number of aromatic nitrogens is 3. The highest BCUT2D eigenvalue weighted by molar-refractivity contribution is 5.74. The molecule has 28 heavy (non-hydrogen) atoms. The van der Waals surface area contributed by atoms with E-state index in [1.54, 1.807) is 0 Å². The molecule has 0 bridgehead atoms. The van der Waals surface area contributed by atoms with E-state index in [0.29, 0.717) is 5.92 Å². The maximum atomic E-state index is 12.9. The van der Waals surface area contributed by atoms with Gasteiger partial charge in [0.15, 0.2) is 5.65 Å². The predicted molar refractivity (Wildman–Crippen MR) is 109 cm³/mol. The van der Waals surface area contributed by atoms with Gasteiger partial charge in [-0.25, -0.2) is 4.79 Å². The van der Waals surface area contributed by atoms with Crippen LogP contribution in [-0.2, 0) is 0 Å². The molecule has 0 aromatic carbocycles. The quantitative estimate of drug-likeness (QED) is 0.835. The summed E-state index contributed by atoms with van der Waals surface area (Å²) in [4.78, 5) is 14.8. The van der Waals surface area contributed by atoms with E-state index in [9.17, 15) is 4.79 Å². The van der Waals surface area contributed by atoms with Crippen molar-refractivity contribution >= 4 is 11.7 Å². The third-order valence-electron chi connectivity index (χ3n) is 6.01. The van der Waals surface area contributed by atoms with Crippen LogP contribution < -0.4 is 10.6 Å². The first-order chi connectivity index (χ1) is 13.2. The summed E-state index contributed by atoms with van der Waals surface area (Å²) < 4.78 is 2.07.